The number of hydrogen-bond donors (Lipinski definition) is 1. The van der Waals surface area contributed by atoms with Crippen molar-refractivity contribution in [1.82, 2.24) is 0 Å². The molecule has 0 aromatic rings. The lowest BCUT2D eigenvalue weighted by Crippen LogP contribution is -2.43. The van der Waals surface area contributed by atoms with E-state index >= 15 is 0 Å². The molecule has 148 valence electrons. The summed E-state index contributed by atoms with van der Waals surface area (Å²) in [7, 11) is 3.16. The summed E-state index contributed by atoms with van der Waals surface area (Å²) in [6, 6.07) is 0. The highest BCUT2D eigenvalue weighted by molar-refractivity contribution is 5.92. The number of rotatable bonds is 6. The van der Waals surface area contributed by atoms with Crippen molar-refractivity contribution >= 4 is 5.97 Å². The highest BCUT2D eigenvalue weighted by Gasteiger charge is 2.59. The normalized spacial score (nSPS) is 42.5. The van der Waals surface area contributed by atoms with Gasteiger partial charge in [0.15, 0.2) is 0 Å². The highest BCUT2D eigenvalue weighted by Crippen LogP contribution is 2.54. The zero-order valence-corrected chi connectivity index (χ0v) is 16.2. The first-order valence-corrected chi connectivity index (χ1v) is 9.17. The number of carbonyl (C=O) groups excluding carboxylic acids is 1. The minimum atomic E-state index is -0.575. The molecule has 0 amide bonds. The van der Waals surface area contributed by atoms with E-state index in [9.17, 15) is 9.90 Å². The van der Waals surface area contributed by atoms with E-state index in [1.165, 1.54) is 0 Å². The van der Waals surface area contributed by atoms with Gasteiger partial charge in [0.1, 0.15) is 19.7 Å². The number of hydrogen-bond acceptors (Lipinski definition) is 7. The van der Waals surface area contributed by atoms with E-state index in [1.807, 2.05) is 13.8 Å². The summed E-state index contributed by atoms with van der Waals surface area (Å²) in [5, 5.41) is 10.5. The Bertz CT molecular complexity index is 574. The first kappa shape index (κ1) is 19.8. The van der Waals surface area contributed by atoms with E-state index in [1.54, 1.807) is 21.1 Å². The second-order valence-electron chi connectivity index (χ2n) is 7.88. The summed E-state index contributed by atoms with van der Waals surface area (Å²) in [6.45, 7) is 6.11. The van der Waals surface area contributed by atoms with Gasteiger partial charge in [-0.25, -0.2) is 4.79 Å². The Hall–Kier alpha value is -0.990. The molecule has 0 saturated heterocycles. The molecule has 7 nitrogen and oxygen atoms in total. The number of aliphatic hydroxyl groups excluding tert-OH is 1. The van der Waals surface area contributed by atoms with Gasteiger partial charge in [-0.15, -0.1) is 0 Å². The van der Waals surface area contributed by atoms with Crippen LogP contribution in [0.4, 0.5) is 0 Å². The zero-order valence-electron chi connectivity index (χ0n) is 16.2. The number of carbonyl (C=O) groups is 1. The quantitative estimate of drug-likeness (QED) is 0.562. The summed E-state index contributed by atoms with van der Waals surface area (Å²) in [5.41, 5.74) is 0.890. The molecule has 1 aliphatic heterocycles. The molecular formula is C19H30O7. The van der Waals surface area contributed by atoms with Gasteiger partial charge in [-0.1, -0.05) is 6.92 Å². The zero-order chi connectivity index (χ0) is 19.1. The van der Waals surface area contributed by atoms with Crippen LogP contribution >= 0.6 is 0 Å². The van der Waals surface area contributed by atoms with Crippen LogP contribution in [0.1, 0.15) is 33.6 Å². The van der Waals surface area contributed by atoms with E-state index in [2.05, 4.69) is 0 Å². The van der Waals surface area contributed by atoms with Crippen LogP contribution in [0.15, 0.2) is 11.1 Å². The Kier molecular flexibility index (Phi) is 5.75. The topological polar surface area (TPSA) is 83.5 Å². The molecule has 0 aromatic carbocycles. The third-order valence-electron chi connectivity index (χ3n) is 6.42. The molecular weight excluding hydrogens is 340 g/mol. The van der Waals surface area contributed by atoms with Crippen molar-refractivity contribution in [3.8, 4) is 0 Å². The van der Waals surface area contributed by atoms with Crippen molar-refractivity contribution in [2.24, 2.45) is 17.8 Å². The molecule has 0 radical (unpaired) electrons. The van der Waals surface area contributed by atoms with Crippen molar-refractivity contribution < 1.29 is 33.6 Å². The van der Waals surface area contributed by atoms with Crippen molar-refractivity contribution in [3.05, 3.63) is 11.1 Å². The number of esters is 1. The van der Waals surface area contributed by atoms with Gasteiger partial charge in [0.2, 0.25) is 0 Å². The molecule has 0 bridgehead atoms. The van der Waals surface area contributed by atoms with Gasteiger partial charge in [0.05, 0.1) is 17.8 Å². The first-order valence-electron chi connectivity index (χ1n) is 9.17. The van der Waals surface area contributed by atoms with Crippen molar-refractivity contribution in [1.29, 1.82) is 0 Å². The molecule has 2 fully saturated rings. The van der Waals surface area contributed by atoms with E-state index < -0.39 is 17.8 Å². The molecule has 1 N–H and O–H groups in total. The average molecular weight is 370 g/mol. The third-order valence-corrected chi connectivity index (χ3v) is 6.42. The second-order valence-corrected chi connectivity index (χ2v) is 7.88. The van der Waals surface area contributed by atoms with E-state index in [-0.39, 0.29) is 43.4 Å². The monoisotopic (exact) mass is 370 g/mol. The standard InChI is InChI=1S/C19H30O7/c1-10-13(20)6-12-15(10)17-16(11(2)18(21)26-17)14(24-8-22-4)7-19(12,3)25-9-23-5/h10,12-15,17,20H,6-9H2,1-5H3/t10-,12-,13-,14-,15+,17-,19-/m0/s1. The Labute approximate surface area is 154 Å². The fourth-order valence-corrected chi connectivity index (χ4v) is 4.99. The van der Waals surface area contributed by atoms with Crippen molar-refractivity contribution in [2.75, 3.05) is 27.8 Å². The fourth-order valence-electron chi connectivity index (χ4n) is 4.99. The van der Waals surface area contributed by atoms with Gasteiger partial charge < -0.3 is 28.8 Å². The van der Waals surface area contributed by atoms with Crippen LogP contribution in [0.2, 0.25) is 0 Å². The Balaban J connectivity index is 2.04. The molecule has 1 heterocycles. The molecule has 0 spiro atoms. The van der Waals surface area contributed by atoms with Crippen LogP contribution in [-0.2, 0) is 28.5 Å². The molecule has 0 aromatic heterocycles. The molecule has 0 unspecified atom stereocenters. The summed E-state index contributed by atoms with van der Waals surface area (Å²) in [4.78, 5) is 12.3. The smallest absolute Gasteiger partial charge is 0.334 e. The third kappa shape index (κ3) is 3.20. The molecule has 3 rings (SSSR count). The van der Waals surface area contributed by atoms with Gasteiger partial charge in [0, 0.05) is 37.7 Å². The Morgan fingerprint density at radius 3 is 2.62 bits per heavy atom. The molecule has 2 saturated carbocycles. The lowest BCUT2D eigenvalue weighted by molar-refractivity contribution is -0.174. The summed E-state index contributed by atoms with van der Waals surface area (Å²) in [5.74, 6) is -0.313. The van der Waals surface area contributed by atoms with Crippen molar-refractivity contribution in [2.45, 2.75) is 57.5 Å². The minimum Gasteiger partial charge on any atom is -0.454 e. The fraction of sp³-hybridized carbons (Fsp3) is 0.842. The molecule has 3 aliphatic rings. The van der Waals surface area contributed by atoms with E-state index in [0.29, 0.717) is 18.4 Å². The van der Waals surface area contributed by atoms with Crippen LogP contribution in [-0.4, -0.2) is 62.8 Å². The Morgan fingerprint density at radius 2 is 1.96 bits per heavy atom. The molecule has 26 heavy (non-hydrogen) atoms. The average Bonchev–Trinajstić information content (AvgIpc) is 3.03. The maximum atomic E-state index is 12.3. The highest BCUT2D eigenvalue weighted by atomic mass is 16.7. The summed E-state index contributed by atoms with van der Waals surface area (Å²) >= 11 is 0. The van der Waals surface area contributed by atoms with Gasteiger partial charge in [-0.2, -0.15) is 0 Å². The number of ether oxygens (including phenoxy) is 5. The largest absolute Gasteiger partial charge is 0.454 e. The Morgan fingerprint density at radius 1 is 1.27 bits per heavy atom. The van der Waals surface area contributed by atoms with Crippen LogP contribution in [0.3, 0.4) is 0 Å². The van der Waals surface area contributed by atoms with E-state index in [4.69, 9.17) is 23.7 Å². The van der Waals surface area contributed by atoms with E-state index in [0.717, 1.165) is 5.57 Å². The van der Waals surface area contributed by atoms with Crippen LogP contribution in [0, 0.1) is 17.8 Å². The lowest BCUT2D eigenvalue weighted by Gasteiger charge is -2.38. The number of fused-ring (bicyclic) bond motifs is 3. The predicted molar refractivity (Wildman–Crippen MR) is 92.1 cm³/mol. The predicted octanol–water partition coefficient (Wildman–Crippen LogP) is 1.63. The SMILES string of the molecule is COCO[C@H]1C[C@](C)(OCOC)[C@H]2C[C@H](O)[C@H](C)[C@H]2[C@@H]2OC(=O)C(C)=C12. The molecule has 7 atom stereocenters. The maximum absolute atomic E-state index is 12.3. The second kappa shape index (κ2) is 7.56. The van der Waals surface area contributed by atoms with Gasteiger partial charge in [0.25, 0.3) is 0 Å². The molecule has 2 aliphatic carbocycles. The van der Waals surface area contributed by atoms with Gasteiger partial charge in [-0.05, 0) is 32.1 Å². The first-order chi connectivity index (χ1) is 12.3. The lowest BCUT2D eigenvalue weighted by atomic mass is 9.77. The van der Waals surface area contributed by atoms with Crippen LogP contribution in [0.25, 0.3) is 0 Å². The van der Waals surface area contributed by atoms with Gasteiger partial charge in [-0.3, -0.25) is 0 Å². The van der Waals surface area contributed by atoms with Crippen LogP contribution in [0.5, 0.6) is 0 Å². The maximum Gasteiger partial charge on any atom is 0.334 e. The van der Waals surface area contributed by atoms with Gasteiger partial charge >= 0.3 is 5.97 Å². The molecule has 7 heteroatoms. The minimum absolute atomic E-state index is 0.00894. The summed E-state index contributed by atoms with van der Waals surface area (Å²) < 4.78 is 28.1. The van der Waals surface area contributed by atoms with Crippen molar-refractivity contribution in [3.63, 3.8) is 0 Å². The number of aliphatic hydroxyl groups is 1. The van der Waals surface area contributed by atoms with Crippen LogP contribution < -0.4 is 0 Å². The number of methoxy groups -OCH3 is 2. The summed E-state index contributed by atoms with van der Waals surface area (Å²) in [6.07, 6.45) is -0.0470.